The number of likely N-dealkylation sites (tertiary alicyclic amines) is 1. The summed E-state index contributed by atoms with van der Waals surface area (Å²) in [6.45, 7) is 6.02. The van der Waals surface area contributed by atoms with Crippen LogP contribution in [-0.2, 0) is 11.2 Å². The van der Waals surface area contributed by atoms with Crippen LogP contribution in [0.3, 0.4) is 0 Å². The van der Waals surface area contributed by atoms with Crippen LogP contribution in [0.15, 0.2) is 41.8 Å². The molecule has 3 heterocycles. The van der Waals surface area contributed by atoms with E-state index >= 15 is 0 Å². The number of ether oxygens (including phenoxy) is 1. The normalized spacial score (nSPS) is 20.7. The lowest BCUT2D eigenvalue weighted by molar-refractivity contribution is -0.133. The lowest BCUT2D eigenvalue weighted by Crippen LogP contribution is -2.55. The van der Waals surface area contributed by atoms with Gasteiger partial charge in [-0.2, -0.15) is 0 Å². The summed E-state index contributed by atoms with van der Waals surface area (Å²) in [4.78, 5) is 21.2. The number of thiophene rings is 1. The summed E-state index contributed by atoms with van der Waals surface area (Å²) in [7, 11) is 1.70. The van der Waals surface area contributed by atoms with Gasteiger partial charge in [0.1, 0.15) is 5.75 Å². The van der Waals surface area contributed by atoms with Gasteiger partial charge in [0.25, 0.3) is 0 Å². The standard InChI is InChI=1S/C23H31N3O2S/c1-28-21-8-6-19(7-9-21)24-13-15-25(16-14-24)20-4-2-12-26(18-20)23(27)11-10-22-5-3-17-29-22/h3,5-9,17,20H,2,4,10-16,18H2,1H3/t20-/m1/s1. The Morgan fingerprint density at radius 2 is 1.90 bits per heavy atom. The van der Waals surface area contributed by atoms with Crippen molar-refractivity contribution in [2.24, 2.45) is 0 Å². The van der Waals surface area contributed by atoms with Crippen molar-refractivity contribution < 1.29 is 9.53 Å². The van der Waals surface area contributed by atoms with Gasteiger partial charge in [0.15, 0.2) is 0 Å². The smallest absolute Gasteiger partial charge is 0.222 e. The van der Waals surface area contributed by atoms with Crippen LogP contribution in [0.25, 0.3) is 0 Å². The molecule has 0 radical (unpaired) electrons. The molecule has 6 heteroatoms. The molecular formula is C23H31N3O2S. The first-order valence-corrected chi connectivity index (χ1v) is 11.5. The van der Waals surface area contributed by atoms with Crippen LogP contribution in [0, 0.1) is 0 Å². The summed E-state index contributed by atoms with van der Waals surface area (Å²) in [6.07, 6.45) is 3.84. The van der Waals surface area contributed by atoms with E-state index in [1.165, 1.54) is 17.0 Å². The van der Waals surface area contributed by atoms with E-state index in [0.717, 1.165) is 57.9 Å². The molecule has 2 aliphatic rings. The van der Waals surface area contributed by atoms with E-state index in [2.05, 4.69) is 44.3 Å². The highest BCUT2D eigenvalue weighted by atomic mass is 32.1. The number of anilines is 1. The number of hydrogen-bond donors (Lipinski definition) is 0. The predicted molar refractivity (Wildman–Crippen MR) is 119 cm³/mol. The molecule has 156 valence electrons. The largest absolute Gasteiger partial charge is 0.497 e. The lowest BCUT2D eigenvalue weighted by atomic mass is 10.0. The van der Waals surface area contributed by atoms with Crippen LogP contribution in [0.2, 0.25) is 0 Å². The first-order valence-electron chi connectivity index (χ1n) is 10.7. The molecule has 0 saturated carbocycles. The molecule has 0 unspecified atom stereocenters. The van der Waals surface area contributed by atoms with Crippen LogP contribution in [0.5, 0.6) is 5.75 Å². The van der Waals surface area contributed by atoms with Crippen molar-refractivity contribution in [1.29, 1.82) is 0 Å². The number of benzene rings is 1. The van der Waals surface area contributed by atoms with Crippen LogP contribution < -0.4 is 9.64 Å². The maximum absolute atomic E-state index is 12.7. The first kappa shape index (κ1) is 20.2. The Bertz CT molecular complexity index is 770. The summed E-state index contributed by atoms with van der Waals surface area (Å²) in [5, 5.41) is 2.09. The fraction of sp³-hybridized carbons (Fsp3) is 0.522. The number of methoxy groups -OCH3 is 1. The molecule has 2 fully saturated rings. The Morgan fingerprint density at radius 3 is 2.59 bits per heavy atom. The molecule has 2 aliphatic heterocycles. The van der Waals surface area contributed by atoms with E-state index in [4.69, 9.17) is 4.74 Å². The van der Waals surface area contributed by atoms with Crippen LogP contribution in [0.4, 0.5) is 5.69 Å². The van der Waals surface area contributed by atoms with Crippen molar-refractivity contribution >= 4 is 22.9 Å². The highest BCUT2D eigenvalue weighted by Crippen LogP contribution is 2.23. The van der Waals surface area contributed by atoms with Crippen molar-refractivity contribution in [3.63, 3.8) is 0 Å². The molecule has 5 nitrogen and oxygen atoms in total. The van der Waals surface area contributed by atoms with E-state index in [1.54, 1.807) is 18.4 Å². The average Bonchev–Trinajstić information content (AvgIpc) is 3.31. The molecule has 0 aliphatic carbocycles. The van der Waals surface area contributed by atoms with Gasteiger partial charge in [0, 0.05) is 62.3 Å². The number of amides is 1. The predicted octanol–water partition coefficient (Wildman–Crippen LogP) is 3.50. The zero-order chi connectivity index (χ0) is 20.1. The number of piperidine rings is 1. The number of hydrogen-bond acceptors (Lipinski definition) is 5. The fourth-order valence-electron chi connectivity index (χ4n) is 4.46. The van der Waals surface area contributed by atoms with Gasteiger partial charge in [0.05, 0.1) is 7.11 Å². The van der Waals surface area contributed by atoms with Gasteiger partial charge in [0.2, 0.25) is 5.91 Å². The topological polar surface area (TPSA) is 36.0 Å². The molecule has 0 spiro atoms. The number of carbonyl (C=O) groups is 1. The number of piperazine rings is 1. The molecule has 2 saturated heterocycles. The van der Waals surface area contributed by atoms with Crippen LogP contribution >= 0.6 is 11.3 Å². The molecule has 29 heavy (non-hydrogen) atoms. The molecule has 1 atom stereocenters. The molecular weight excluding hydrogens is 382 g/mol. The summed E-state index contributed by atoms with van der Waals surface area (Å²) in [6, 6.07) is 13.0. The Balaban J connectivity index is 1.26. The third kappa shape index (κ3) is 5.11. The number of carbonyl (C=O) groups excluding carboxylic acids is 1. The third-order valence-electron chi connectivity index (χ3n) is 6.18. The van der Waals surface area contributed by atoms with Gasteiger partial charge in [-0.25, -0.2) is 0 Å². The zero-order valence-corrected chi connectivity index (χ0v) is 18.1. The summed E-state index contributed by atoms with van der Waals surface area (Å²) in [5.74, 6) is 1.22. The van der Waals surface area contributed by atoms with E-state index in [9.17, 15) is 4.79 Å². The van der Waals surface area contributed by atoms with Crippen molar-refractivity contribution in [3.8, 4) is 5.75 Å². The Hall–Kier alpha value is -2.05. The van der Waals surface area contributed by atoms with E-state index in [-0.39, 0.29) is 0 Å². The second-order valence-corrected chi connectivity index (χ2v) is 8.97. The Morgan fingerprint density at radius 1 is 1.10 bits per heavy atom. The minimum Gasteiger partial charge on any atom is -0.497 e. The lowest BCUT2D eigenvalue weighted by Gasteiger charge is -2.44. The maximum Gasteiger partial charge on any atom is 0.222 e. The Labute approximate surface area is 177 Å². The molecule has 0 bridgehead atoms. The Kier molecular flexibility index (Phi) is 6.72. The summed E-state index contributed by atoms with van der Waals surface area (Å²) < 4.78 is 5.26. The molecule has 1 aromatic heterocycles. The van der Waals surface area contributed by atoms with Gasteiger partial charge in [-0.3, -0.25) is 9.69 Å². The second kappa shape index (κ2) is 9.63. The average molecular weight is 414 g/mol. The van der Waals surface area contributed by atoms with Gasteiger partial charge in [-0.15, -0.1) is 11.3 Å². The van der Waals surface area contributed by atoms with Gasteiger partial charge >= 0.3 is 0 Å². The molecule has 1 aromatic carbocycles. The van der Waals surface area contributed by atoms with E-state index < -0.39 is 0 Å². The minimum atomic E-state index is 0.319. The first-order chi connectivity index (χ1) is 14.2. The van der Waals surface area contributed by atoms with Crippen molar-refractivity contribution in [3.05, 3.63) is 46.7 Å². The summed E-state index contributed by atoms with van der Waals surface area (Å²) in [5.41, 5.74) is 1.26. The van der Waals surface area contributed by atoms with Crippen molar-refractivity contribution in [2.45, 2.75) is 31.7 Å². The number of rotatable bonds is 6. The number of aryl methyl sites for hydroxylation is 1. The molecule has 2 aromatic rings. The SMILES string of the molecule is COc1ccc(N2CCN([C@@H]3CCCN(C(=O)CCc4cccs4)C3)CC2)cc1. The quantitative estimate of drug-likeness (QED) is 0.726. The third-order valence-corrected chi connectivity index (χ3v) is 7.12. The van der Waals surface area contributed by atoms with Crippen LogP contribution in [0.1, 0.15) is 24.1 Å². The molecule has 1 amide bonds. The highest BCUT2D eigenvalue weighted by Gasteiger charge is 2.29. The number of nitrogens with zero attached hydrogens (tertiary/aromatic N) is 3. The van der Waals surface area contributed by atoms with Crippen LogP contribution in [-0.4, -0.2) is 68.1 Å². The fourth-order valence-corrected chi connectivity index (χ4v) is 5.17. The van der Waals surface area contributed by atoms with Crippen molar-refractivity contribution in [2.75, 3.05) is 51.3 Å². The van der Waals surface area contributed by atoms with Gasteiger partial charge < -0.3 is 14.5 Å². The molecule has 0 N–H and O–H groups in total. The second-order valence-electron chi connectivity index (χ2n) is 7.94. The highest BCUT2D eigenvalue weighted by molar-refractivity contribution is 7.09. The summed E-state index contributed by atoms with van der Waals surface area (Å²) >= 11 is 1.74. The van der Waals surface area contributed by atoms with Gasteiger partial charge in [-0.05, 0) is 55.0 Å². The van der Waals surface area contributed by atoms with E-state index in [0.29, 0.717) is 18.4 Å². The minimum absolute atomic E-state index is 0.319. The zero-order valence-electron chi connectivity index (χ0n) is 17.3. The van der Waals surface area contributed by atoms with Crippen molar-refractivity contribution in [1.82, 2.24) is 9.80 Å². The maximum atomic E-state index is 12.7. The van der Waals surface area contributed by atoms with Gasteiger partial charge in [-0.1, -0.05) is 6.07 Å². The monoisotopic (exact) mass is 413 g/mol. The molecule has 4 rings (SSSR count). The van der Waals surface area contributed by atoms with E-state index in [1.807, 2.05) is 12.1 Å².